The van der Waals surface area contributed by atoms with Crippen molar-refractivity contribution in [1.82, 2.24) is 24.8 Å². The number of pyridine rings is 1. The molecule has 0 bridgehead atoms. The van der Waals surface area contributed by atoms with E-state index in [2.05, 4.69) is 15.6 Å². The molecule has 3 N–H and O–H groups in total. The van der Waals surface area contributed by atoms with Gasteiger partial charge in [-0.05, 0) is 31.4 Å². The van der Waals surface area contributed by atoms with E-state index in [1.165, 1.54) is 0 Å². The largest absolute Gasteiger partial charge is 0.385 e. The summed E-state index contributed by atoms with van der Waals surface area (Å²) in [5.74, 6) is 0.758. The van der Waals surface area contributed by atoms with Gasteiger partial charge in [-0.15, -0.1) is 0 Å². The molecule has 1 aliphatic heterocycles. The molecule has 2 fully saturated rings. The molecular weight excluding hydrogens is 480 g/mol. The highest BCUT2D eigenvalue weighted by atomic mass is 16.5. The van der Waals surface area contributed by atoms with Crippen LogP contribution in [0.15, 0.2) is 61.1 Å². The van der Waals surface area contributed by atoms with Gasteiger partial charge in [-0.1, -0.05) is 49.2 Å². The summed E-state index contributed by atoms with van der Waals surface area (Å²) >= 11 is 0. The molecule has 38 heavy (non-hydrogen) atoms. The predicted octanol–water partition coefficient (Wildman–Crippen LogP) is 3.35. The van der Waals surface area contributed by atoms with Crippen molar-refractivity contribution in [3.05, 3.63) is 66.7 Å². The van der Waals surface area contributed by atoms with Crippen LogP contribution < -0.4 is 10.6 Å². The number of carbonyl (C=O) groups is 1. The second kappa shape index (κ2) is 12.1. The van der Waals surface area contributed by atoms with E-state index in [0.717, 1.165) is 55.8 Å². The number of nitrogens with zero attached hydrogens (tertiary/aromatic N) is 4. The Balaban J connectivity index is 1.43. The summed E-state index contributed by atoms with van der Waals surface area (Å²) in [7, 11) is 1.62. The number of rotatable bonds is 9. The van der Waals surface area contributed by atoms with E-state index in [4.69, 9.17) is 9.72 Å². The third kappa shape index (κ3) is 5.60. The number of aliphatic hydroxyl groups is 1. The molecule has 3 aromatic rings. The minimum Gasteiger partial charge on any atom is -0.385 e. The van der Waals surface area contributed by atoms with Crippen molar-refractivity contribution in [3.8, 4) is 11.3 Å². The lowest BCUT2D eigenvalue weighted by molar-refractivity contribution is -0.0893. The van der Waals surface area contributed by atoms with E-state index in [-0.39, 0.29) is 24.6 Å². The monoisotopic (exact) mass is 518 g/mol. The van der Waals surface area contributed by atoms with Crippen LogP contribution >= 0.6 is 0 Å². The number of methoxy groups -OCH3 is 1. The number of hydrogen-bond acceptors (Lipinski definition) is 7. The highest BCUT2D eigenvalue weighted by molar-refractivity contribution is 5.98. The quantitative estimate of drug-likeness (QED) is 0.399. The highest BCUT2D eigenvalue weighted by Gasteiger charge is 2.42. The van der Waals surface area contributed by atoms with Crippen LogP contribution in [0.1, 0.15) is 48.6 Å². The fourth-order valence-corrected chi connectivity index (χ4v) is 5.91. The van der Waals surface area contributed by atoms with Crippen molar-refractivity contribution in [3.63, 3.8) is 0 Å². The third-order valence-corrected chi connectivity index (χ3v) is 7.79. The molecule has 1 aliphatic carbocycles. The van der Waals surface area contributed by atoms with Gasteiger partial charge in [-0.25, -0.2) is 9.97 Å². The minimum atomic E-state index is -1.01. The molecule has 9 nitrogen and oxygen atoms in total. The molecule has 3 heterocycles. The van der Waals surface area contributed by atoms with Crippen molar-refractivity contribution >= 4 is 11.7 Å². The summed E-state index contributed by atoms with van der Waals surface area (Å²) < 4.78 is 7.47. The van der Waals surface area contributed by atoms with Gasteiger partial charge in [0.2, 0.25) is 0 Å². The first kappa shape index (κ1) is 26.3. The van der Waals surface area contributed by atoms with Gasteiger partial charge >= 0.3 is 0 Å². The minimum absolute atomic E-state index is 0.0290. The van der Waals surface area contributed by atoms with Crippen molar-refractivity contribution < 1.29 is 14.6 Å². The second-order valence-corrected chi connectivity index (χ2v) is 10.3. The molecule has 0 radical (unpaired) electrons. The van der Waals surface area contributed by atoms with Crippen LogP contribution in [-0.4, -0.2) is 82.0 Å². The van der Waals surface area contributed by atoms with E-state index in [9.17, 15) is 9.90 Å². The number of nitrogens with one attached hydrogen (secondary N) is 2. The zero-order valence-electron chi connectivity index (χ0n) is 22.1. The van der Waals surface area contributed by atoms with Gasteiger partial charge in [0, 0.05) is 51.1 Å². The van der Waals surface area contributed by atoms with Crippen LogP contribution in [-0.2, 0) is 4.74 Å². The van der Waals surface area contributed by atoms with Gasteiger partial charge in [-0.2, -0.15) is 0 Å². The molecule has 5 rings (SSSR count). The standard InChI is InChI=1S/C29H38N6O3/c1-38-20-29(37)14-7-5-11-24(29)35-21-33-26(27(35)22-9-3-2-4-10-22)28(36)34-18-17-30-19-23(34)13-16-32-25-12-6-8-15-31-25/h2-4,6,8-10,12,15,21,23-24,30,37H,5,7,11,13-14,16-20H2,1H3,(H,31,32)/t23-,24-,29-/m1/s1. The Morgan fingerprint density at radius 3 is 2.82 bits per heavy atom. The van der Waals surface area contributed by atoms with Crippen LogP contribution in [0.3, 0.4) is 0 Å². The molecule has 0 unspecified atom stereocenters. The number of aromatic nitrogens is 3. The lowest BCUT2D eigenvalue weighted by Crippen LogP contribution is -2.54. The maximum Gasteiger partial charge on any atom is 0.275 e. The average molecular weight is 519 g/mol. The number of benzene rings is 1. The molecule has 2 aromatic heterocycles. The molecule has 0 spiro atoms. The smallest absolute Gasteiger partial charge is 0.275 e. The zero-order chi connectivity index (χ0) is 26.4. The number of hydrogen-bond donors (Lipinski definition) is 3. The first-order chi connectivity index (χ1) is 18.6. The Hall–Kier alpha value is -3.27. The van der Waals surface area contributed by atoms with Gasteiger partial charge in [0.05, 0.1) is 24.7 Å². The number of carbonyl (C=O) groups excluding carboxylic acids is 1. The maximum atomic E-state index is 14.1. The highest BCUT2D eigenvalue weighted by Crippen LogP contribution is 2.41. The van der Waals surface area contributed by atoms with Crippen LogP contribution in [0, 0.1) is 0 Å². The lowest BCUT2D eigenvalue weighted by atomic mass is 9.80. The zero-order valence-corrected chi connectivity index (χ0v) is 22.1. The van der Waals surface area contributed by atoms with Crippen LogP contribution in [0.25, 0.3) is 11.3 Å². The first-order valence-corrected chi connectivity index (χ1v) is 13.6. The number of ether oxygens (including phenoxy) is 1. The van der Waals surface area contributed by atoms with E-state index in [1.807, 2.05) is 58.0 Å². The fraction of sp³-hybridized carbons (Fsp3) is 0.483. The second-order valence-electron chi connectivity index (χ2n) is 10.3. The summed E-state index contributed by atoms with van der Waals surface area (Å²) in [6, 6.07) is 15.5. The Morgan fingerprint density at radius 1 is 1.18 bits per heavy atom. The summed E-state index contributed by atoms with van der Waals surface area (Å²) in [5, 5.41) is 18.4. The number of piperazine rings is 1. The average Bonchev–Trinajstić information content (AvgIpc) is 3.39. The van der Waals surface area contributed by atoms with E-state index in [0.29, 0.717) is 25.2 Å². The molecule has 1 aromatic carbocycles. The molecule has 202 valence electrons. The number of imidazole rings is 1. The summed E-state index contributed by atoms with van der Waals surface area (Å²) in [4.78, 5) is 25.1. The van der Waals surface area contributed by atoms with Crippen LogP contribution in [0.2, 0.25) is 0 Å². The molecule has 1 amide bonds. The third-order valence-electron chi connectivity index (χ3n) is 7.79. The van der Waals surface area contributed by atoms with Gasteiger partial charge in [-0.3, -0.25) is 4.79 Å². The number of anilines is 1. The van der Waals surface area contributed by atoms with Gasteiger partial charge in [0.25, 0.3) is 5.91 Å². The van der Waals surface area contributed by atoms with E-state index in [1.54, 1.807) is 19.6 Å². The Bertz CT molecular complexity index is 1180. The van der Waals surface area contributed by atoms with Gasteiger partial charge < -0.3 is 29.9 Å². The Kier molecular flexibility index (Phi) is 8.36. The number of amides is 1. The predicted molar refractivity (Wildman–Crippen MR) is 147 cm³/mol. The first-order valence-electron chi connectivity index (χ1n) is 13.6. The fourth-order valence-electron chi connectivity index (χ4n) is 5.91. The van der Waals surface area contributed by atoms with Crippen molar-refractivity contribution in [2.75, 3.05) is 45.2 Å². The Morgan fingerprint density at radius 2 is 2.03 bits per heavy atom. The lowest BCUT2D eigenvalue weighted by Gasteiger charge is -2.41. The molecule has 1 saturated carbocycles. The summed E-state index contributed by atoms with van der Waals surface area (Å²) in [6.07, 6.45) is 7.71. The molecule has 3 atom stereocenters. The van der Waals surface area contributed by atoms with Crippen molar-refractivity contribution in [2.24, 2.45) is 0 Å². The molecule has 2 aliphatic rings. The summed E-state index contributed by atoms with van der Waals surface area (Å²) in [5.41, 5.74) is 1.11. The van der Waals surface area contributed by atoms with Crippen molar-refractivity contribution in [1.29, 1.82) is 0 Å². The SMILES string of the molecule is COC[C@]1(O)CCCC[C@H]1n1cnc(C(=O)N2CCNC[C@H]2CCNc2ccccn2)c1-c1ccccc1. The van der Waals surface area contributed by atoms with E-state index < -0.39 is 5.60 Å². The molecule has 1 saturated heterocycles. The summed E-state index contributed by atoms with van der Waals surface area (Å²) in [6.45, 7) is 3.04. The topological polar surface area (TPSA) is 105 Å². The Labute approximate surface area is 224 Å². The van der Waals surface area contributed by atoms with Gasteiger partial charge in [0.1, 0.15) is 11.4 Å². The molecule has 9 heteroatoms. The van der Waals surface area contributed by atoms with Gasteiger partial charge in [0.15, 0.2) is 5.69 Å². The maximum absolute atomic E-state index is 14.1. The van der Waals surface area contributed by atoms with E-state index >= 15 is 0 Å². The van der Waals surface area contributed by atoms with Crippen LogP contribution in [0.5, 0.6) is 0 Å². The molecular formula is C29H38N6O3. The normalized spacial score (nSPS) is 23.8. The van der Waals surface area contributed by atoms with Crippen LogP contribution in [0.4, 0.5) is 5.82 Å². The van der Waals surface area contributed by atoms with Crippen molar-refractivity contribution in [2.45, 2.75) is 49.8 Å².